The third-order valence-corrected chi connectivity index (χ3v) is 22.6. The molecule has 0 bridgehead atoms. The fourth-order valence-corrected chi connectivity index (χ4v) is 15.5. The summed E-state index contributed by atoms with van der Waals surface area (Å²) in [5.74, 6) is -11.6. The smallest absolute Gasteiger partial charge is 0.343 e. The van der Waals surface area contributed by atoms with Gasteiger partial charge in [0, 0.05) is 74.3 Å². The molecule has 97 heavy (non-hydrogen) atoms. The van der Waals surface area contributed by atoms with Gasteiger partial charge in [0.25, 0.3) is 0 Å². The van der Waals surface area contributed by atoms with Crippen molar-refractivity contribution in [3.63, 3.8) is 0 Å². The molecule has 0 radical (unpaired) electrons. The van der Waals surface area contributed by atoms with Crippen LogP contribution in [-0.4, -0.2) is 269 Å². The van der Waals surface area contributed by atoms with Crippen molar-refractivity contribution < 1.29 is 75.1 Å². The SMILES string of the molecule is CC[C@H](C)[C@@H]1NC(=O)[C@H](C)N(C)C(=O)C[C@@H](C(=O)N2CCCCC2)N(C)C(=O)[C@H](C(C)C)N(C)C(=O)C2(CCCC2)NC(=O)[C@@H]2CCCN2C(=O)[C@H](CCC2CCC(C(F)(F)F)C(Cl)C2)NC(=O)[C@@H](C)N(C)C(=O)[C@H](CC2CCC(F)CC2)N(C)C(=O)CN(C)C(=O)CN(C)C1=O. The van der Waals surface area contributed by atoms with Crippen molar-refractivity contribution in [2.24, 2.45) is 29.6 Å². The van der Waals surface area contributed by atoms with Crippen LogP contribution in [0.5, 0.6) is 0 Å². The van der Waals surface area contributed by atoms with Gasteiger partial charge in [-0.1, -0.05) is 47.0 Å². The molecule has 3 unspecified atom stereocenters. The molecule has 12 atom stereocenters. The van der Waals surface area contributed by atoms with Crippen LogP contribution < -0.4 is 16.0 Å². The van der Waals surface area contributed by atoms with Crippen molar-refractivity contribution >= 4 is 82.5 Å². The molecule has 3 heterocycles. The number of nitrogens with one attached hydrogen (secondary N) is 3. The van der Waals surface area contributed by atoms with E-state index in [0.29, 0.717) is 64.5 Å². The Morgan fingerprint density at radius 3 is 1.78 bits per heavy atom. The maximum absolute atomic E-state index is 15.4. The summed E-state index contributed by atoms with van der Waals surface area (Å²) in [5, 5.41) is 7.38. The topological polar surface area (TPSA) is 270 Å². The van der Waals surface area contributed by atoms with Gasteiger partial charge in [-0.25, -0.2) is 4.39 Å². The Labute approximate surface area is 575 Å². The zero-order valence-corrected chi connectivity index (χ0v) is 60.1. The Bertz CT molecular complexity index is 2840. The van der Waals surface area contributed by atoms with Crippen molar-refractivity contribution in [2.75, 3.05) is 82.1 Å². The summed E-state index contributed by atoms with van der Waals surface area (Å²) in [5.41, 5.74) is -1.58. The maximum Gasteiger partial charge on any atom is 0.393 e. The summed E-state index contributed by atoms with van der Waals surface area (Å²) in [4.78, 5) is 188. The van der Waals surface area contributed by atoms with Crippen molar-refractivity contribution in [3.8, 4) is 0 Å². The number of amides is 12. The average Bonchev–Trinajstić information content (AvgIpc) is 1.55. The van der Waals surface area contributed by atoms with E-state index in [4.69, 9.17) is 11.6 Å². The van der Waals surface area contributed by atoms with Gasteiger partial charge in [-0.3, -0.25) is 57.5 Å². The minimum absolute atomic E-state index is 0.0258. The van der Waals surface area contributed by atoms with Gasteiger partial charge in [-0.05, 0) is 147 Å². The van der Waals surface area contributed by atoms with Crippen molar-refractivity contribution in [2.45, 2.75) is 248 Å². The monoisotopic (exact) mass is 1400 g/mol. The first-order valence-corrected chi connectivity index (χ1v) is 35.6. The number of rotatable bonds is 9. The third-order valence-electron chi connectivity index (χ3n) is 22.1. The number of carbonyl (C=O) groups is 12. The quantitative estimate of drug-likeness (QED) is 0.206. The van der Waals surface area contributed by atoms with E-state index >= 15 is 19.2 Å². The van der Waals surface area contributed by atoms with Gasteiger partial charge < -0.3 is 60.0 Å². The van der Waals surface area contributed by atoms with Crippen molar-refractivity contribution in [1.29, 1.82) is 0 Å². The molecule has 0 aromatic heterocycles. The number of hydrogen-bond donors (Lipinski definition) is 3. The second kappa shape index (κ2) is 34.6. The number of fused-ring (bicyclic) bond motifs is 1. The van der Waals surface area contributed by atoms with E-state index in [1.54, 1.807) is 32.6 Å². The van der Waals surface area contributed by atoms with Crippen LogP contribution in [0.15, 0.2) is 0 Å². The predicted molar refractivity (Wildman–Crippen MR) is 354 cm³/mol. The molecule has 6 rings (SSSR count). The van der Waals surface area contributed by atoms with Gasteiger partial charge in [0.2, 0.25) is 70.9 Å². The molecule has 3 aliphatic carbocycles. The van der Waals surface area contributed by atoms with E-state index in [-0.39, 0.29) is 83.1 Å². The fourth-order valence-electron chi connectivity index (χ4n) is 15.0. The summed E-state index contributed by atoms with van der Waals surface area (Å²) < 4.78 is 56.5. The molecule has 548 valence electrons. The maximum atomic E-state index is 15.4. The first-order chi connectivity index (χ1) is 45.5. The number of likely N-dealkylation sites (N-methyl/N-ethyl adjacent to an activating group) is 7. The fraction of sp³-hybridized carbons (Fsp3) is 0.824. The molecule has 3 aliphatic heterocycles. The molecule has 12 amide bonds. The summed E-state index contributed by atoms with van der Waals surface area (Å²) in [6, 6.07) is -10.3. The average molecular weight is 1400 g/mol. The summed E-state index contributed by atoms with van der Waals surface area (Å²) in [6.07, 6.45) is -0.586. The highest BCUT2D eigenvalue weighted by atomic mass is 35.5. The minimum atomic E-state index is -4.53. The number of halogens is 5. The zero-order chi connectivity index (χ0) is 72.3. The lowest BCUT2D eigenvalue weighted by Gasteiger charge is -2.42. The summed E-state index contributed by atoms with van der Waals surface area (Å²) in [7, 11) is 9.61. The van der Waals surface area contributed by atoms with Gasteiger partial charge in [0.1, 0.15) is 60.0 Å². The Morgan fingerprint density at radius 1 is 0.608 bits per heavy atom. The van der Waals surface area contributed by atoms with Crippen LogP contribution in [0.1, 0.15) is 176 Å². The summed E-state index contributed by atoms with van der Waals surface area (Å²) >= 11 is 6.39. The molecule has 3 N–H and O–H groups in total. The van der Waals surface area contributed by atoms with Crippen molar-refractivity contribution in [3.05, 3.63) is 0 Å². The third kappa shape index (κ3) is 19.6. The number of alkyl halides is 5. The standard InChI is InChI=1S/C68H109ClF4N12O12/c1-14-41(4)56-64(95)78(8)38-54(87)77(7)39-55(88)81(11)51(36-45-22-26-46(70)27-23-45)62(93)80(10)43(6)58(89)74-49(29-25-44-24-28-47(48(69)35-44)68(71,72)73)61(92)85-34-20-21-50(85)60(91)76-67(30-16-17-31-67)66(97)83(13)57(40(2)3)65(96)82(12)52(63(94)84-32-18-15-19-33-84)37-53(86)79(9)42(5)59(90)75-56/h40-52,56-57H,14-39H2,1-13H3,(H,74,89)(H,75,90)(H,76,91)/t41-,42-,43+,44?,45?,46?,47?,48?,49-,50-,51-,52-,56-,57-/m0/s1. The molecule has 29 heteroatoms. The number of piperidine rings is 1. The molecule has 1 spiro atoms. The first kappa shape index (κ1) is 79.6. The zero-order valence-electron chi connectivity index (χ0n) is 59.4. The second-order valence-electron chi connectivity index (χ2n) is 29.1. The molecule has 0 aromatic carbocycles. The Morgan fingerprint density at radius 2 is 1.20 bits per heavy atom. The molecular formula is C68H109ClF4N12O12. The van der Waals surface area contributed by atoms with Crippen LogP contribution in [-0.2, 0) is 57.5 Å². The predicted octanol–water partition coefficient (Wildman–Crippen LogP) is 4.87. The number of carbonyl (C=O) groups excluding carboxylic acids is 12. The molecular weight excluding hydrogens is 1290 g/mol. The molecule has 3 saturated carbocycles. The lowest BCUT2D eigenvalue weighted by Crippen LogP contribution is -2.65. The Hall–Kier alpha value is -6.35. The largest absolute Gasteiger partial charge is 0.393 e. The van der Waals surface area contributed by atoms with E-state index in [9.17, 15) is 55.9 Å². The highest BCUT2D eigenvalue weighted by Gasteiger charge is 2.52. The number of hydrogen-bond acceptors (Lipinski definition) is 12. The highest BCUT2D eigenvalue weighted by Crippen LogP contribution is 2.44. The van der Waals surface area contributed by atoms with Crippen LogP contribution in [0.3, 0.4) is 0 Å². The highest BCUT2D eigenvalue weighted by molar-refractivity contribution is 6.21. The lowest BCUT2D eigenvalue weighted by atomic mass is 9.78. The Kier molecular flexibility index (Phi) is 28.4. The molecule has 0 aromatic rings. The van der Waals surface area contributed by atoms with E-state index in [2.05, 4.69) is 16.0 Å². The molecule has 6 fully saturated rings. The van der Waals surface area contributed by atoms with Crippen LogP contribution >= 0.6 is 11.6 Å². The minimum Gasteiger partial charge on any atom is -0.343 e. The van der Waals surface area contributed by atoms with E-state index in [0.717, 1.165) is 26.0 Å². The molecule has 24 nitrogen and oxygen atoms in total. The van der Waals surface area contributed by atoms with Gasteiger partial charge in [0.05, 0.1) is 25.4 Å². The van der Waals surface area contributed by atoms with Gasteiger partial charge in [-0.15, -0.1) is 11.6 Å². The normalized spacial score (nSPS) is 31.6. The van der Waals surface area contributed by atoms with E-state index in [1.165, 1.54) is 82.8 Å². The van der Waals surface area contributed by atoms with Gasteiger partial charge >= 0.3 is 6.18 Å². The molecule has 6 aliphatic rings. The number of likely N-dealkylation sites (tertiary alicyclic amines) is 1. The van der Waals surface area contributed by atoms with Gasteiger partial charge in [0.15, 0.2) is 0 Å². The van der Waals surface area contributed by atoms with E-state index in [1.807, 2.05) is 0 Å². The van der Waals surface area contributed by atoms with E-state index < -0.39 is 186 Å². The Balaban J connectivity index is 1.40. The summed E-state index contributed by atoms with van der Waals surface area (Å²) in [6.45, 7) is 9.45. The van der Waals surface area contributed by atoms with Crippen LogP contribution in [0.2, 0.25) is 0 Å². The van der Waals surface area contributed by atoms with Crippen molar-refractivity contribution in [1.82, 2.24) is 60.0 Å². The first-order valence-electron chi connectivity index (χ1n) is 35.1. The second-order valence-corrected chi connectivity index (χ2v) is 29.7. The number of nitrogens with zero attached hydrogens (tertiary/aromatic N) is 9. The van der Waals surface area contributed by atoms with Crippen LogP contribution in [0.4, 0.5) is 17.6 Å². The van der Waals surface area contributed by atoms with Crippen LogP contribution in [0.25, 0.3) is 0 Å². The van der Waals surface area contributed by atoms with Gasteiger partial charge in [-0.2, -0.15) is 13.2 Å². The molecule has 3 saturated heterocycles. The lowest BCUT2D eigenvalue weighted by molar-refractivity contribution is -0.182. The van der Waals surface area contributed by atoms with Crippen LogP contribution in [0, 0.1) is 29.6 Å².